The lowest BCUT2D eigenvalue weighted by molar-refractivity contribution is 0.647. The summed E-state index contributed by atoms with van der Waals surface area (Å²) in [5, 5.41) is 3.15. The molecule has 1 N–H and O–H groups in total. The molecule has 0 unspecified atom stereocenters. The van der Waals surface area contributed by atoms with Gasteiger partial charge in [0, 0.05) is 0 Å². The van der Waals surface area contributed by atoms with E-state index in [4.69, 9.17) is 0 Å². The van der Waals surface area contributed by atoms with Gasteiger partial charge in [-0.15, -0.1) is 0 Å². The van der Waals surface area contributed by atoms with Crippen LogP contribution in [-0.2, 0) is 0 Å². The summed E-state index contributed by atoms with van der Waals surface area (Å²) in [7, 11) is 2.01. The Morgan fingerprint density at radius 1 is 1.09 bits per heavy atom. The molecule has 1 nitrogen and oxygen atoms in total. The summed E-state index contributed by atoms with van der Waals surface area (Å²) < 4.78 is 0. The van der Waals surface area contributed by atoms with Gasteiger partial charge in [-0.25, -0.2) is 0 Å². The van der Waals surface area contributed by atoms with Crippen LogP contribution in [-0.4, -0.2) is 13.6 Å². The van der Waals surface area contributed by atoms with E-state index in [0.717, 1.165) is 6.54 Å². The number of rotatable bonds is 7. The second kappa shape index (κ2) is 9.70. The van der Waals surface area contributed by atoms with Crippen LogP contribution in [0.2, 0.25) is 0 Å². The van der Waals surface area contributed by atoms with Crippen LogP contribution in [0.1, 0.15) is 39.0 Å². The molecule has 0 fully saturated rings. The largest absolute Gasteiger partial charge is 0.320 e. The molecule has 0 radical (unpaired) electrons. The van der Waals surface area contributed by atoms with Gasteiger partial charge in [-0.2, -0.15) is 0 Å². The first-order valence-corrected chi connectivity index (χ1v) is 4.71. The molecule has 0 aromatic heterocycles. The lowest BCUT2D eigenvalue weighted by Gasteiger charge is -1.96. The monoisotopic (exact) mass is 155 g/mol. The number of allylic oxidation sites excluding steroid dienone is 2. The molecule has 0 bridgehead atoms. The zero-order valence-corrected chi connectivity index (χ0v) is 7.90. The van der Waals surface area contributed by atoms with Gasteiger partial charge < -0.3 is 5.32 Å². The summed E-state index contributed by atoms with van der Waals surface area (Å²) in [6, 6.07) is 0. The molecule has 0 aliphatic heterocycles. The highest BCUT2D eigenvalue weighted by Gasteiger charge is 1.84. The van der Waals surface area contributed by atoms with Crippen LogP contribution in [0.3, 0.4) is 0 Å². The Balaban J connectivity index is 2.85. The molecule has 0 saturated carbocycles. The second-order valence-electron chi connectivity index (χ2n) is 2.83. The minimum atomic E-state index is 1.16. The Bertz CT molecular complexity index is 86.9. The van der Waals surface area contributed by atoms with Crippen molar-refractivity contribution in [2.45, 2.75) is 39.0 Å². The minimum absolute atomic E-state index is 1.16. The van der Waals surface area contributed by atoms with Crippen molar-refractivity contribution in [3.05, 3.63) is 12.2 Å². The van der Waals surface area contributed by atoms with Gasteiger partial charge in [-0.05, 0) is 39.3 Å². The quantitative estimate of drug-likeness (QED) is 0.440. The van der Waals surface area contributed by atoms with E-state index in [-0.39, 0.29) is 0 Å². The van der Waals surface area contributed by atoms with E-state index in [1.54, 1.807) is 0 Å². The van der Waals surface area contributed by atoms with E-state index in [9.17, 15) is 0 Å². The lowest BCUT2D eigenvalue weighted by atomic mass is 10.2. The molecular weight excluding hydrogens is 134 g/mol. The minimum Gasteiger partial charge on any atom is -0.320 e. The molecule has 0 amide bonds. The molecular formula is C10H21N. The Hall–Kier alpha value is -0.300. The first-order chi connectivity index (χ1) is 5.41. The van der Waals surface area contributed by atoms with Gasteiger partial charge in [0.15, 0.2) is 0 Å². The average Bonchev–Trinajstić information content (AvgIpc) is 2.03. The first kappa shape index (κ1) is 10.7. The molecule has 0 aromatic rings. The van der Waals surface area contributed by atoms with Gasteiger partial charge in [0.25, 0.3) is 0 Å². The molecule has 0 saturated heterocycles. The summed E-state index contributed by atoms with van der Waals surface area (Å²) in [4.78, 5) is 0. The predicted octanol–water partition coefficient (Wildman–Crippen LogP) is 2.73. The molecule has 0 rings (SSSR count). The van der Waals surface area contributed by atoms with Gasteiger partial charge >= 0.3 is 0 Å². The predicted molar refractivity (Wildman–Crippen MR) is 51.8 cm³/mol. The smallest absolute Gasteiger partial charge is 0.00519 e. The van der Waals surface area contributed by atoms with Crippen LogP contribution in [0.15, 0.2) is 12.2 Å². The molecule has 1 heteroatoms. The molecule has 0 aromatic carbocycles. The van der Waals surface area contributed by atoms with Gasteiger partial charge in [0.1, 0.15) is 0 Å². The average molecular weight is 155 g/mol. The maximum absolute atomic E-state index is 3.15. The molecule has 11 heavy (non-hydrogen) atoms. The molecule has 0 heterocycles. The Kier molecular flexibility index (Phi) is 9.44. The Labute approximate surface area is 70.9 Å². The summed E-state index contributed by atoms with van der Waals surface area (Å²) in [5.74, 6) is 0. The number of unbranched alkanes of at least 4 members (excludes halogenated alkanes) is 3. The summed E-state index contributed by atoms with van der Waals surface area (Å²) >= 11 is 0. The fourth-order valence-electron chi connectivity index (χ4n) is 1.03. The van der Waals surface area contributed by atoms with Crippen molar-refractivity contribution in [3.8, 4) is 0 Å². The van der Waals surface area contributed by atoms with E-state index in [2.05, 4.69) is 24.4 Å². The van der Waals surface area contributed by atoms with Crippen molar-refractivity contribution >= 4 is 0 Å². The zero-order chi connectivity index (χ0) is 8.36. The van der Waals surface area contributed by atoms with Gasteiger partial charge in [0.05, 0.1) is 0 Å². The van der Waals surface area contributed by atoms with Crippen molar-refractivity contribution in [2.75, 3.05) is 13.6 Å². The molecule has 0 atom stereocenters. The lowest BCUT2D eigenvalue weighted by Crippen LogP contribution is -2.06. The van der Waals surface area contributed by atoms with Crippen LogP contribution < -0.4 is 5.32 Å². The maximum atomic E-state index is 3.15. The van der Waals surface area contributed by atoms with Crippen molar-refractivity contribution in [3.63, 3.8) is 0 Å². The van der Waals surface area contributed by atoms with Crippen LogP contribution in [0.4, 0.5) is 0 Å². The number of hydrogen-bond acceptors (Lipinski definition) is 1. The second-order valence-corrected chi connectivity index (χ2v) is 2.83. The molecule has 0 aliphatic carbocycles. The third-order valence-corrected chi connectivity index (χ3v) is 1.70. The van der Waals surface area contributed by atoms with Gasteiger partial charge in [-0.3, -0.25) is 0 Å². The van der Waals surface area contributed by atoms with E-state index in [1.165, 1.54) is 32.1 Å². The summed E-state index contributed by atoms with van der Waals surface area (Å²) in [5.41, 5.74) is 0. The Morgan fingerprint density at radius 2 is 1.91 bits per heavy atom. The van der Waals surface area contributed by atoms with Crippen LogP contribution in [0.5, 0.6) is 0 Å². The highest BCUT2D eigenvalue weighted by Crippen LogP contribution is 1.99. The normalized spacial score (nSPS) is 11.1. The zero-order valence-electron chi connectivity index (χ0n) is 7.90. The van der Waals surface area contributed by atoms with E-state index in [1.807, 2.05) is 7.05 Å². The van der Waals surface area contributed by atoms with Crippen molar-refractivity contribution < 1.29 is 0 Å². The Morgan fingerprint density at radius 3 is 2.55 bits per heavy atom. The SMILES string of the molecule is CCC=CCCCCCNC. The van der Waals surface area contributed by atoms with Crippen molar-refractivity contribution in [1.82, 2.24) is 5.32 Å². The number of nitrogens with one attached hydrogen (secondary N) is 1. The van der Waals surface area contributed by atoms with Crippen LogP contribution in [0.25, 0.3) is 0 Å². The summed E-state index contributed by atoms with van der Waals surface area (Å²) in [6.45, 7) is 3.34. The standard InChI is InChI=1S/C10H21N/c1-3-4-5-6-7-8-9-10-11-2/h4-5,11H,3,6-10H2,1-2H3. The topological polar surface area (TPSA) is 12.0 Å². The molecule has 0 spiro atoms. The van der Waals surface area contributed by atoms with Crippen LogP contribution >= 0.6 is 0 Å². The van der Waals surface area contributed by atoms with E-state index >= 15 is 0 Å². The summed E-state index contributed by atoms with van der Waals surface area (Å²) in [6.07, 6.45) is 11.0. The first-order valence-electron chi connectivity index (χ1n) is 4.71. The van der Waals surface area contributed by atoms with E-state index < -0.39 is 0 Å². The third-order valence-electron chi connectivity index (χ3n) is 1.70. The van der Waals surface area contributed by atoms with Crippen LogP contribution in [0, 0.1) is 0 Å². The fourth-order valence-corrected chi connectivity index (χ4v) is 1.03. The van der Waals surface area contributed by atoms with Gasteiger partial charge in [0.2, 0.25) is 0 Å². The fraction of sp³-hybridized carbons (Fsp3) is 0.800. The third kappa shape index (κ3) is 9.70. The van der Waals surface area contributed by atoms with Crippen molar-refractivity contribution in [1.29, 1.82) is 0 Å². The highest BCUT2D eigenvalue weighted by atomic mass is 14.8. The van der Waals surface area contributed by atoms with Crippen molar-refractivity contribution in [2.24, 2.45) is 0 Å². The number of hydrogen-bond donors (Lipinski definition) is 1. The highest BCUT2D eigenvalue weighted by molar-refractivity contribution is 4.79. The molecule has 0 aliphatic rings. The van der Waals surface area contributed by atoms with Gasteiger partial charge in [-0.1, -0.05) is 25.5 Å². The van der Waals surface area contributed by atoms with E-state index in [0.29, 0.717) is 0 Å². The maximum Gasteiger partial charge on any atom is -0.00519 e. The molecule has 66 valence electrons.